The molecule has 0 N–H and O–H groups in total. The van der Waals surface area contributed by atoms with Crippen molar-refractivity contribution < 1.29 is 13.2 Å². The van der Waals surface area contributed by atoms with Crippen molar-refractivity contribution in [3.63, 3.8) is 0 Å². The van der Waals surface area contributed by atoms with Crippen LogP contribution in [0.4, 0.5) is 13.2 Å². The lowest BCUT2D eigenvalue weighted by Gasteiger charge is -2.08. The Kier molecular flexibility index (Phi) is 2.93. The fourth-order valence-corrected chi connectivity index (χ4v) is 2.91. The molecule has 23 heavy (non-hydrogen) atoms. The first kappa shape index (κ1) is 14.4. The molecule has 0 aromatic carbocycles. The minimum atomic E-state index is -4.62. The zero-order valence-corrected chi connectivity index (χ0v) is 12.6. The van der Waals surface area contributed by atoms with Crippen molar-refractivity contribution in [2.45, 2.75) is 24.9 Å². The molecule has 0 atom stereocenters. The van der Waals surface area contributed by atoms with E-state index < -0.39 is 16.9 Å². The fourth-order valence-electron chi connectivity index (χ4n) is 2.54. The average Bonchev–Trinajstić information content (AvgIpc) is 3.13. The van der Waals surface area contributed by atoms with Crippen LogP contribution in [0.3, 0.4) is 0 Å². The van der Waals surface area contributed by atoms with E-state index >= 15 is 0 Å². The highest BCUT2D eigenvalue weighted by Gasteiger charge is 2.39. The summed E-state index contributed by atoms with van der Waals surface area (Å²) in [5, 5.41) is 7.09. The van der Waals surface area contributed by atoms with Gasteiger partial charge < -0.3 is 0 Å². The van der Waals surface area contributed by atoms with Gasteiger partial charge in [-0.3, -0.25) is 4.68 Å². The Hall–Kier alpha value is -2.16. The maximum Gasteiger partial charge on any atom is 0.436 e. The summed E-state index contributed by atoms with van der Waals surface area (Å²) in [5.41, 5.74) is 0.199. The van der Waals surface area contributed by atoms with Crippen LogP contribution < -0.4 is 0 Å². The van der Waals surface area contributed by atoms with Crippen molar-refractivity contribution in [2.24, 2.45) is 7.05 Å². The number of halogens is 4. The van der Waals surface area contributed by atoms with Crippen LogP contribution in [0, 0.1) is 0 Å². The topological polar surface area (TPSA) is 60.9 Å². The monoisotopic (exact) mass is 342 g/mol. The van der Waals surface area contributed by atoms with Gasteiger partial charge in [0, 0.05) is 18.7 Å². The molecule has 120 valence electrons. The number of fused-ring (bicyclic) bond motifs is 1. The first-order valence-electron chi connectivity index (χ1n) is 6.87. The van der Waals surface area contributed by atoms with E-state index in [1.165, 1.54) is 17.9 Å². The summed E-state index contributed by atoms with van der Waals surface area (Å²) in [6.07, 6.45) is -1.31. The van der Waals surface area contributed by atoms with Gasteiger partial charge in [-0.15, -0.1) is 0 Å². The summed E-state index contributed by atoms with van der Waals surface area (Å²) in [6, 6.07) is 1.71. The molecule has 3 aromatic heterocycles. The predicted octanol–water partition coefficient (Wildman–Crippen LogP) is 3.07. The van der Waals surface area contributed by atoms with Gasteiger partial charge in [0.15, 0.2) is 5.69 Å². The molecule has 0 saturated heterocycles. The number of nitrogens with zero attached hydrogens (tertiary/aromatic N) is 6. The first-order chi connectivity index (χ1) is 10.9. The fraction of sp³-hybridized carbons (Fsp3) is 0.385. The largest absolute Gasteiger partial charge is 0.436 e. The second kappa shape index (κ2) is 4.67. The normalized spacial score (nSPS) is 15.5. The van der Waals surface area contributed by atoms with E-state index in [0.717, 1.165) is 23.2 Å². The standard InChI is InChI=1S/C13H10ClF3N6/c1-22-10(9(14)11(21-22)13(15,16)17)8-4-7(6-2-3-6)20-12-18-5-19-23(8)12/h4-6H,2-3H2,1H3. The van der Waals surface area contributed by atoms with Crippen molar-refractivity contribution in [1.29, 1.82) is 0 Å². The summed E-state index contributed by atoms with van der Waals surface area (Å²) >= 11 is 5.98. The minimum absolute atomic E-state index is 0.138. The van der Waals surface area contributed by atoms with E-state index in [1.807, 2.05) is 0 Å². The lowest BCUT2D eigenvalue weighted by atomic mass is 10.2. The quantitative estimate of drug-likeness (QED) is 0.718. The molecular weight excluding hydrogens is 333 g/mol. The van der Waals surface area contributed by atoms with Gasteiger partial charge in [-0.1, -0.05) is 11.6 Å². The number of aromatic nitrogens is 6. The molecule has 4 rings (SSSR count). The van der Waals surface area contributed by atoms with Crippen molar-refractivity contribution >= 4 is 17.4 Å². The second-order valence-corrected chi connectivity index (χ2v) is 5.82. The molecule has 10 heteroatoms. The molecule has 3 heterocycles. The van der Waals surface area contributed by atoms with Gasteiger partial charge in [0.2, 0.25) is 0 Å². The molecule has 6 nitrogen and oxygen atoms in total. The second-order valence-electron chi connectivity index (χ2n) is 5.44. The third kappa shape index (κ3) is 2.26. The van der Waals surface area contributed by atoms with Gasteiger partial charge >= 0.3 is 6.18 Å². The summed E-state index contributed by atoms with van der Waals surface area (Å²) in [5.74, 6) is 0.639. The van der Waals surface area contributed by atoms with E-state index in [0.29, 0.717) is 17.4 Å². The van der Waals surface area contributed by atoms with Crippen molar-refractivity contribution in [2.75, 3.05) is 0 Å². The van der Waals surface area contributed by atoms with E-state index in [2.05, 4.69) is 20.2 Å². The van der Waals surface area contributed by atoms with E-state index in [9.17, 15) is 13.2 Å². The Bertz CT molecular complexity index is 908. The van der Waals surface area contributed by atoms with E-state index in [1.54, 1.807) is 6.07 Å². The summed E-state index contributed by atoms with van der Waals surface area (Å²) in [4.78, 5) is 8.43. The maximum atomic E-state index is 13.0. The number of hydrogen-bond acceptors (Lipinski definition) is 4. The molecular formula is C13H10ClF3N6. The van der Waals surface area contributed by atoms with Crippen LogP contribution in [-0.2, 0) is 13.2 Å². The van der Waals surface area contributed by atoms with E-state index in [-0.39, 0.29) is 5.69 Å². The Morgan fingerprint density at radius 2 is 2.04 bits per heavy atom. The van der Waals surface area contributed by atoms with Gasteiger partial charge in [0.05, 0.1) is 5.69 Å². The smallest absolute Gasteiger partial charge is 0.264 e. The maximum absolute atomic E-state index is 13.0. The summed E-state index contributed by atoms with van der Waals surface area (Å²) < 4.78 is 41.5. The van der Waals surface area contributed by atoms with Crippen molar-refractivity contribution in [1.82, 2.24) is 29.4 Å². The van der Waals surface area contributed by atoms with Gasteiger partial charge in [-0.25, -0.2) is 4.98 Å². The third-order valence-electron chi connectivity index (χ3n) is 3.77. The van der Waals surface area contributed by atoms with Crippen LogP contribution in [0.5, 0.6) is 0 Å². The van der Waals surface area contributed by atoms with Crippen molar-refractivity contribution in [3.05, 3.63) is 28.8 Å². The molecule has 0 radical (unpaired) electrons. The van der Waals surface area contributed by atoms with Crippen LogP contribution >= 0.6 is 11.6 Å². The van der Waals surface area contributed by atoms with Gasteiger partial charge in [0.25, 0.3) is 5.78 Å². The highest BCUT2D eigenvalue weighted by molar-refractivity contribution is 6.33. The number of rotatable bonds is 2. The zero-order chi connectivity index (χ0) is 16.4. The summed E-state index contributed by atoms with van der Waals surface area (Å²) in [7, 11) is 1.41. The molecule has 1 aliphatic rings. The molecule has 1 fully saturated rings. The Balaban J connectivity index is 1.99. The van der Waals surface area contributed by atoms with Crippen LogP contribution in [0.2, 0.25) is 5.02 Å². The lowest BCUT2D eigenvalue weighted by molar-refractivity contribution is -0.141. The van der Waals surface area contributed by atoms with Gasteiger partial charge in [-0.05, 0) is 18.9 Å². The number of alkyl halides is 3. The summed E-state index contributed by atoms with van der Waals surface area (Å²) in [6.45, 7) is 0. The molecule has 1 aliphatic carbocycles. The zero-order valence-electron chi connectivity index (χ0n) is 11.8. The minimum Gasteiger partial charge on any atom is -0.264 e. The molecule has 0 unspecified atom stereocenters. The molecule has 0 spiro atoms. The molecule has 0 amide bonds. The molecule has 1 saturated carbocycles. The number of aryl methyl sites for hydroxylation is 1. The Morgan fingerprint density at radius 1 is 1.30 bits per heavy atom. The highest BCUT2D eigenvalue weighted by Crippen LogP contribution is 2.42. The Labute approximate surface area is 132 Å². The van der Waals surface area contributed by atoms with Gasteiger partial charge in [0.1, 0.15) is 17.0 Å². The van der Waals surface area contributed by atoms with E-state index in [4.69, 9.17) is 11.6 Å². The lowest BCUT2D eigenvalue weighted by Crippen LogP contribution is -2.07. The predicted molar refractivity (Wildman–Crippen MR) is 75.0 cm³/mol. The number of hydrogen-bond donors (Lipinski definition) is 0. The van der Waals surface area contributed by atoms with Crippen LogP contribution in [0.15, 0.2) is 12.4 Å². The average molecular weight is 343 g/mol. The molecule has 3 aromatic rings. The SMILES string of the molecule is Cn1nc(C(F)(F)F)c(Cl)c1-c1cc(C2CC2)nc2ncnn12. The third-order valence-corrected chi connectivity index (χ3v) is 4.13. The van der Waals surface area contributed by atoms with Crippen LogP contribution in [-0.4, -0.2) is 29.4 Å². The first-order valence-corrected chi connectivity index (χ1v) is 7.25. The van der Waals surface area contributed by atoms with Crippen LogP contribution in [0.1, 0.15) is 30.1 Å². The molecule has 0 aliphatic heterocycles. The molecule has 0 bridgehead atoms. The van der Waals surface area contributed by atoms with Crippen molar-refractivity contribution in [3.8, 4) is 11.4 Å². The Morgan fingerprint density at radius 3 is 2.65 bits per heavy atom. The highest BCUT2D eigenvalue weighted by atomic mass is 35.5. The van der Waals surface area contributed by atoms with Crippen LogP contribution in [0.25, 0.3) is 17.2 Å². The van der Waals surface area contributed by atoms with Gasteiger partial charge in [-0.2, -0.15) is 32.9 Å².